The van der Waals surface area contributed by atoms with Crippen molar-refractivity contribution < 1.29 is 33.4 Å². The van der Waals surface area contributed by atoms with E-state index in [4.69, 9.17) is 9.47 Å². The molecule has 0 amide bonds. The van der Waals surface area contributed by atoms with Gasteiger partial charge in [-0.25, -0.2) is 4.79 Å². The summed E-state index contributed by atoms with van der Waals surface area (Å²) in [6.07, 6.45) is 9.76. The number of Topliss-reactive ketones (excluding diaryl/α,β-unsaturated/α-hetero) is 2. The first kappa shape index (κ1) is 42.5. The second kappa shape index (κ2) is 18.2. The fourth-order valence-corrected chi connectivity index (χ4v) is 6.73. The molecule has 304 valence electrons. The van der Waals surface area contributed by atoms with Crippen LogP contribution in [0, 0.1) is 13.8 Å². The molecule has 9 heteroatoms. The van der Waals surface area contributed by atoms with Gasteiger partial charge >= 0.3 is 6.16 Å². The topological polar surface area (TPSA) is 114 Å². The van der Waals surface area contributed by atoms with Gasteiger partial charge in [-0.05, 0) is 76.9 Å². The number of hydrogen-bond acceptors (Lipinski definition) is 7. The number of benzene rings is 4. The number of rotatable bonds is 16. The quantitative estimate of drug-likeness (QED) is 0.0707. The van der Waals surface area contributed by atoms with E-state index in [0.717, 1.165) is 11.1 Å². The van der Waals surface area contributed by atoms with Gasteiger partial charge in [0.25, 0.3) is 0 Å². The van der Waals surface area contributed by atoms with E-state index >= 15 is 0 Å². The molecule has 0 fully saturated rings. The van der Waals surface area contributed by atoms with Crippen molar-refractivity contribution in [2.75, 3.05) is 0 Å². The van der Waals surface area contributed by atoms with Gasteiger partial charge in [-0.15, -0.1) is 0 Å². The highest BCUT2D eigenvalue weighted by Gasteiger charge is 2.39. The number of aromatic nitrogens is 2. The molecule has 0 aliphatic rings. The number of ketones is 4. The summed E-state index contributed by atoms with van der Waals surface area (Å²) in [6.45, 7) is 10.6. The summed E-state index contributed by atoms with van der Waals surface area (Å²) in [5.74, 6) is -1.12. The Hall–Kier alpha value is -7.13. The van der Waals surface area contributed by atoms with Crippen molar-refractivity contribution in [3.05, 3.63) is 202 Å². The Morgan fingerprint density at radius 3 is 1.25 bits per heavy atom. The van der Waals surface area contributed by atoms with E-state index in [1.165, 1.54) is 27.7 Å². The number of ether oxygens (including phenoxy) is 2. The normalized spacial score (nSPS) is 11.8. The average molecular weight is 801 g/mol. The van der Waals surface area contributed by atoms with Crippen molar-refractivity contribution in [2.24, 2.45) is 0 Å². The monoisotopic (exact) mass is 800 g/mol. The fraction of sp³-hybridized carbons (Fsp3) is 0.196. The van der Waals surface area contributed by atoms with Crippen LogP contribution in [0.2, 0.25) is 0 Å². The zero-order chi connectivity index (χ0) is 43.0. The van der Waals surface area contributed by atoms with Gasteiger partial charge < -0.3 is 18.6 Å². The molecule has 60 heavy (non-hydrogen) atoms. The van der Waals surface area contributed by atoms with E-state index < -0.39 is 28.9 Å². The summed E-state index contributed by atoms with van der Waals surface area (Å²) < 4.78 is 14.9. The minimum Gasteiger partial charge on any atom is -0.420 e. The minimum atomic E-state index is -1.66. The van der Waals surface area contributed by atoms with Crippen LogP contribution in [0.4, 0.5) is 4.79 Å². The van der Waals surface area contributed by atoms with E-state index in [1.807, 2.05) is 108 Å². The maximum absolute atomic E-state index is 13.9. The molecule has 0 radical (unpaired) electrons. The number of carbonyl (C=O) groups excluding carboxylic acids is 5. The second-order valence-electron chi connectivity index (χ2n) is 15.6. The highest BCUT2D eigenvalue weighted by atomic mass is 16.7. The Balaban J connectivity index is 1.09. The molecule has 2 aromatic heterocycles. The molecule has 0 aliphatic heterocycles. The lowest BCUT2D eigenvalue weighted by Gasteiger charge is -2.28. The predicted molar refractivity (Wildman–Crippen MR) is 233 cm³/mol. The number of aryl methyl sites for hydroxylation is 2. The van der Waals surface area contributed by atoms with Crippen LogP contribution in [0.5, 0.6) is 0 Å². The molecule has 0 N–H and O–H groups in total. The molecule has 0 bridgehead atoms. The van der Waals surface area contributed by atoms with Gasteiger partial charge in [-0.1, -0.05) is 132 Å². The van der Waals surface area contributed by atoms with Gasteiger partial charge in [0.1, 0.15) is 0 Å². The van der Waals surface area contributed by atoms with Crippen LogP contribution in [-0.4, -0.2) is 49.6 Å². The third-order valence-corrected chi connectivity index (χ3v) is 10.1. The Kier molecular flexibility index (Phi) is 12.9. The van der Waals surface area contributed by atoms with Crippen LogP contribution < -0.4 is 0 Å². The molecular weight excluding hydrogens is 753 g/mol. The maximum Gasteiger partial charge on any atom is 0.510 e. The Labute approximate surface area is 350 Å². The highest BCUT2D eigenvalue weighted by Crippen LogP contribution is 2.26. The lowest BCUT2D eigenvalue weighted by atomic mass is 9.92. The SMILES string of the molecule is Cc1ccc(C(=O)c2cccn2C/C=C/c2ccccc2C(=O)C(C)(C)OC(=O)OC(C)(C)C(=O)c2ccccc2/C=C/Cn2cccc2C(=O)c2ccc(C)cc2)cc1. The molecule has 0 aliphatic carbocycles. The van der Waals surface area contributed by atoms with Gasteiger partial charge in [-0.3, -0.25) is 19.2 Å². The van der Waals surface area contributed by atoms with Gasteiger partial charge in [0.2, 0.25) is 23.1 Å². The van der Waals surface area contributed by atoms with E-state index in [1.54, 1.807) is 72.8 Å². The molecular formula is C51H48N2O7. The minimum absolute atomic E-state index is 0.0904. The van der Waals surface area contributed by atoms with Crippen molar-refractivity contribution in [3.63, 3.8) is 0 Å². The smallest absolute Gasteiger partial charge is 0.420 e. The molecule has 6 rings (SSSR count). The van der Waals surface area contributed by atoms with Crippen molar-refractivity contribution in [2.45, 2.75) is 65.8 Å². The van der Waals surface area contributed by atoms with Crippen LogP contribution in [0.25, 0.3) is 12.2 Å². The van der Waals surface area contributed by atoms with Gasteiger partial charge in [0, 0.05) is 47.7 Å². The van der Waals surface area contributed by atoms with E-state index in [-0.39, 0.29) is 11.6 Å². The largest absolute Gasteiger partial charge is 0.510 e. The molecule has 9 nitrogen and oxygen atoms in total. The predicted octanol–water partition coefficient (Wildman–Crippen LogP) is 10.6. The summed E-state index contributed by atoms with van der Waals surface area (Å²) in [4.78, 5) is 67.5. The second-order valence-corrected chi connectivity index (χ2v) is 15.6. The Morgan fingerprint density at radius 1 is 0.500 bits per heavy atom. The first-order valence-electron chi connectivity index (χ1n) is 19.7. The third kappa shape index (κ3) is 9.93. The Morgan fingerprint density at radius 2 is 0.867 bits per heavy atom. The van der Waals surface area contributed by atoms with Gasteiger partial charge in [-0.2, -0.15) is 0 Å². The first-order chi connectivity index (χ1) is 28.6. The third-order valence-electron chi connectivity index (χ3n) is 10.1. The van der Waals surface area contributed by atoms with Crippen molar-refractivity contribution in [3.8, 4) is 0 Å². The molecule has 0 spiro atoms. The lowest BCUT2D eigenvalue weighted by molar-refractivity contribution is -0.0408. The first-order valence-corrected chi connectivity index (χ1v) is 19.7. The number of allylic oxidation sites excluding steroid dienone is 2. The summed E-state index contributed by atoms with van der Waals surface area (Å²) in [6, 6.07) is 35.9. The zero-order valence-corrected chi connectivity index (χ0v) is 34.7. The van der Waals surface area contributed by atoms with Gasteiger partial charge in [0.05, 0.1) is 11.4 Å². The van der Waals surface area contributed by atoms with Gasteiger partial charge in [0.15, 0.2) is 11.2 Å². The zero-order valence-electron chi connectivity index (χ0n) is 34.7. The van der Waals surface area contributed by atoms with Crippen LogP contribution in [-0.2, 0) is 22.6 Å². The highest BCUT2D eigenvalue weighted by molar-refractivity contribution is 6.09. The van der Waals surface area contributed by atoms with Crippen molar-refractivity contribution in [1.29, 1.82) is 0 Å². The Bertz CT molecular complexity index is 2420. The van der Waals surface area contributed by atoms with E-state index in [2.05, 4.69) is 0 Å². The molecule has 0 saturated carbocycles. The van der Waals surface area contributed by atoms with E-state index in [0.29, 0.717) is 57.9 Å². The van der Waals surface area contributed by atoms with Crippen LogP contribution >= 0.6 is 0 Å². The summed E-state index contributed by atoms with van der Waals surface area (Å²) in [5, 5.41) is 0. The molecule has 0 saturated heterocycles. The van der Waals surface area contributed by atoms with E-state index in [9.17, 15) is 24.0 Å². The summed E-state index contributed by atoms with van der Waals surface area (Å²) in [7, 11) is 0. The fourth-order valence-electron chi connectivity index (χ4n) is 6.73. The number of nitrogens with zero attached hydrogens (tertiary/aromatic N) is 2. The number of carbonyl (C=O) groups is 5. The molecule has 2 heterocycles. The summed E-state index contributed by atoms with van der Waals surface area (Å²) >= 11 is 0. The van der Waals surface area contributed by atoms with Crippen LogP contribution in [0.3, 0.4) is 0 Å². The maximum atomic E-state index is 13.9. The summed E-state index contributed by atoms with van der Waals surface area (Å²) in [5.41, 5.74) is 2.91. The number of hydrogen-bond donors (Lipinski definition) is 0. The molecule has 0 atom stereocenters. The van der Waals surface area contributed by atoms with Crippen LogP contribution in [0.1, 0.15) is 103 Å². The standard InChI is InChI=1S/C51H48N2O7/c1-35-23-27-39(28-24-35)45(54)43-21-13-33-52(43)31-11-17-37-15-7-9-19-41(37)47(56)50(3,4)59-49(58)60-51(5,6)48(57)42-20-10-8-16-38(42)18-12-32-53-34-14-22-44(53)46(55)40-29-25-36(2)26-30-40/h7-30,33-34H,31-32H2,1-6H3/b17-11+,18-12+. The van der Waals surface area contributed by atoms with Crippen molar-refractivity contribution in [1.82, 2.24) is 9.13 Å². The average Bonchev–Trinajstić information content (AvgIpc) is 3.90. The van der Waals surface area contributed by atoms with Crippen LogP contribution in [0.15, 0.2) is 146 Å². The molecule has 0 unspecified atom stereocenters. The lowest BCUT2D eigenvalue weighted by Crippen LogP contribution is -2.43. The van der Waals surface area contributed by atoms with Crippen molar-refractivity contribution >= 4 is 41.4 Å². The molecule has 6 aromatic rings. The molecule has 4 aromatic carbocycles.